The molecule has 33 heavy (non-hydrogen) atoms. The molecule has 1 aliphatic rings. The summed E-state index contributed by atoms with van der Waals surface area (Å²) in [7, 11) is 1.27. The van der Waals surface area contributed by atoms with Gasteiger partial charge in [-0.3, -0.25) is 20.0 Å². The van der Waals surface area contributed by atoms with Gasteiger partial charge in [0.15, 0.2) is 11.7 Å². The summed E-state index contributed by atoms with van der Waals surface area (Å²) < 4.78 is 46.6. The average molecular weight is 459 g/mol. The zero-order valence-electron chi connectivity index (χ0n) is 18.0. The third-order valence-corrected chi connectivity index (χ3v) is 5.71. The minimum absolute atomic E-state index is 0.0336. The number of rotatable bonds is 5. The Bertz CT molecular complexity index is 1180. The van der Waals surface area contributed by atoms with Gasteiger partial charge in [0.1, 0.15) is 11.4 Å². The van der Waals surface area contributed by atoms with Crippen molar-refractivity contribution in [2.45, 2.75) is 25.6 Å². The molecule has 0 unspecified atom stereocenters. The summed E-state index contributed by atoms with van der Waals surface area (Å²) in [6, 6.07) is 10.7. The van der Waals surface area contributed by atoms with Crippen LogP contribution in [0.4, 0.5) is 13.2 Å². The van der Waals surface area contributed by atoms with E-state index >= 15 is 0 Å². The fraction of sp³-hybridized carbons (Fsp3) is 0.304. The lowest BCUT2D eigenvalue weighted by Crippen LogP contribution is -2.38. The number of guanidine groups is 1. The first-order valence-electron chi connectivity index (χ1n) is 10.5. The number of carbonyl (C=O) groups is 1. The number of H-pyrrole nitrogens is 1. The number of hydrogen-bond donors (Lipinski definition) is 3. The van der Waals surface area contributed by atoms with Crippen LogP contribution >= 0.6 is 0 Å². The van der Waals surface area contributed by atoms with Crippen LogP contribution in [0.5, 0.6) is 11.5 Å². The smallest absolute Gasteiger partial charge is 0.417 e. The molecule has 3 aromatic rings. The molecule has 1 fully saturated rings. The summed E-state index contributed by atoms with van der Waals surface area (Å²) in [6.45, 7) is 3.00. The first-order valence-corrected chi connectivity index (χ1v) is 10.5. The van der Waals surface area contributed by atoms with Gasteiger partial charge in [-0.15, -0.1) is 0 Å². The van der Waals surface area contributed by atoms with Crippen molar-refractivity contribution in [3.8, 4) is 11.5 Å². The van der Waals surface area contributed by atoms with Crippen molar-refractivity contribution in [3.05, 3.63) is 59.3 Å². The topological polar surface area (TPSA) is 98.4 Å². The molecule has 1 aliphatic heterocycles. The van der Waals surface area contributed by atoms with E-state index < -0.39 is 23.6 Å². The van der Waals surface area contributed by atoms with Gasteiger partial charge >= 0.3 is 6.18 Å². The minimum atomic E-state index is -4.62. The summed E-state index contributed by atoms with van der Waals surface area (Å²) >= 11 is 0. The highest BCUT2D eigenvalue weighted by Crippen LogP contribution is 2.40. The molecule has 1 aromatic heterocycles. The Morgan fingerprint density at radius 3 is 2.45 bits per heavy atom. The second kappa shape index (κ2) is 8.78. The molecule has 1 saturated heterocycles. The molecule has 0 aliphatic carbocycles. The first-order chi connectivity index (χ1) is 15.6. The summed E-state index contributed by atoms with van der Waals surface area (Å²) in [6.07, 6.45) is -2.22. The van der Waals surface area contributed by atoms with Crippen molar-refractivity contribution in [2.75, 3.05) is 20.1 Å². The number of likely N-dealkylation sites (tertiary alicyclic amines) is 1. The van der Waals surface area contributed by atoms with Crippen molar-refractivity contribution >= 4 is 22.8 Å². The van der Waals surface area contributed by atoms with Crippen molar-refractivity contribution in [1.82, 2.24) is 14.8 Å². The fourth-order valence-corrected chi connectivity index (χ4v) is 3.92. The van der Waals surface area contributed by atoms with Crippen molar-refractivity contribution in [3.63, 3.8) is 0 Å². The molecule has 2 aromatic carbocycles. The second-order valence-corrected chi connectivity index (χ2v) is 8.06. The van der Waals surface area contributed by atoms with Crippen LogP contribution in [0, 0.1) is 5.41 Å². The van der Waals surface area contributed by atoms with Crippen LogP contribution in [0.25, 0.3) is 10.9 Å². The molecule has 4 rings (SSSR count). The molecule has 7 nitrogen and oxygen atoms in total. The van der Waals surface area contributed by atoms with Crippen LogP contribution in [-0.4, -0.2) is 46.8 Å². The van der Waals surface area contributed by atoms with Gasteiger partial charge in [-0.05, 0) is 61.8 Å². The maximum atomic E-state index is 13.6. The normalized spacial score (nSPS) is 14.5. The molecule has 0 atom stereocenters. The quantitative estimate of drug-likeness (QED) is 0.385. The Kier molecular flexibility index (Phi) is 6.03. The molecule has 4 N–H and O–H groups in total. The maximum Gasteiger partial charge on any atom is 0.417 e. The number of aromatic amines is 1. The molecular weight excluding hydrogens is 435 g/mol. The number of halogens is 3. The Labute approximate surface area is 188 Å². The summed E-state index contributed by atoms with van der Waals surface area (Å²) in [5.41, 5.74) is 5.46. The van der Waals surface area contributed by atoms with Gasteiger partial charge in [0.05, 0.1) is 11.1 Å². The van der Waals surface area contributed by atoms with E-state index in [-0.39, 0.29) is 22.3 Å². The van der Waals surface area contributed by atoms with Gasteiger partial charge in [-0.2, -0.15) is 13.2 Å². The number of alkyl halides is 3. The van der Waals surface area contributed by atoms with E-state index in [4.69, 9.17) is 15.9 Å². The lowest BCUT2D eigenvalue weighted by atomic mass is 10.1. The lowest BCUT2D eigenvalue weighted by Gasteiger charge is -2.15. The van der Waals surface area contributed by atoms with E-state index in [1.54, 1.807) is 12.1 Å². The predicted octanol–water partition coefficient (Wildman–Crippen LogP) is 4.54. The molecule has 0 bridgehead atoms. The van der Waals surface area contributed by atoms with E-state index in [2.05, 4.69) is 9.88 Å². The Hall–Kier alpha value is -3.53. The molecule has 0 saturated carbocycles. The van der Waals surface area contributed by atoms with E-state index in [0.717, 1.165) is 42.2 Å². The number of amides is 1. The van der Waals surface area contributed by atoms with Gasteiger partial charge in [-0.1, -0.05) is 12.1 Å². The van der Waals surface area contributed by atoms with E-state index in [9.17, 15) is 18.0 Å². The van der Waals surface area contributed by atoms with Crippen LogP contribution in [0.2, 0.25) is 0 Å². The standard InChI is InChI=1S/C23H24F3N5O2/c1-30(22(27)28)21(32)18-12-16-17(23(24,25)26)8-9-19(20(16)29-18)33-15-6-4-14(5-7-15)13-31-10-2-3-11-31/h4-9,12,29H,2-3,10-11,13H2,1H3,(H3,27,28). The minimum Gasteiger partial charge on any atom is -0.455 e. The number of fused-ring (bicyclic) bond motifs is 1. The summed E-state index contributed by atoms with van der Waals surface area (Å²) in [5, 5.41) is 7.19. The van der Waals surface area contributed by atoms with E-state index in [1.165, 1.54) is 26.0 Å². The third-order valence-electron chi connectivity index (χ3n) is 5.71. The molecule has 174 valence electrons. The zero-order valence-corrected chi connectivity index (χ0v) is 18.0. The maximum absolute atomic E-state index is 13.6. The number of nitrogens with zero attached hydrogens (tertiary/aromatic N) is 2. The Morgan fingerprint density at radius 2 is 1.85 bits per heavy atom. The van der Waals surface area contributed by atoms with Gasteiger partial charge in [0.2, 0.25) is 0 Å². The predicted molar refractivity (Wildman–Crippen MR) is 118 cm³/mol. The number of nitrogens with one attached hydrogen (secondary N) is 2. The van der Waals surface area contributed by atoms with Crippen LogP contribution in [0.3, 0.4) is 0 Å². The average Bonchev–Trinajstić information content (AvgIpc) is 3.43. The van der Waals surface area contributed by atoms with Gasteiger partial charge in [0.25, 0.3) is 5.91 Å². The summed E-state index contributed by atoms with van der Waals surface area (Å²) in [4.78, 5) is 18.4. The van der Waals surface area contributed by atoms with Gasteiger partial charge < -0.3 is 15.5 Å². The fourth-order valence-electron chi connectivity index (χ4n) is 3.92. The monoisotopic (exact) mass is 459 g/mol. The second-order valence-electron chi connectivity index (χ2n) is 8.06. The molecule has 0 radical (unpaired) electrons. The highest BCUT2D eigenvalue weighted by molar-refractivity contribution is 6.06. The number of carbonyl (C=O) groups excluding carboxylic acids is 1. The number of hydrogen-bond acceptors (Lipinski definition) is 4. The Balaban J connectivity index is 1.65. The number of nitrogens with two attached hydrogens (primary N) is 1. The van der Waals surface area contributed by atoms with Crippen LogP contribution < -0.4 is 10.5 Å². The molecule has 10 heteroatoms. The molecule has 1 amide bonds. The first kappa shape index (κ1) is 22.7. The van der Waals surface area contributed by atoms with Crippen LogP contribution in [-0.2, 0) is 12.7 Å². The SMILES string of the molecule is CN(C(=N)N)C(=O)c1cc2c(C(F)(F)F)ccc(Oc3ccc(CN4CCCC4)cc3)c2[nH]1. The Morgan fingerprint density at radius 1 is 1.18 bits per heavy atom. The highest BCUT2D eigenvalue weighted by atomic mass is 19.4. The van der Waals surface area contributed by atoms with E-state index in [0.29, 0.717) is 5.75 Å². The van der Waals surface area contributed by atoms with Crippen molar-refractivity contribution < 1.29 is 22.7 Å². The third kappa shape index (κ3) is 4.80. The van der Waals surface area contributed by atoms with Gasteiger partial charge in [-0.25, -0.2) is 0 Å². The number of aromatic nitrogens is 1. The molecule has 0 spiro atoms. The number of benzene rings is 2. The van der Waals surface area contributed by atoms with Crippen LogP contribution in [0.1, 0.15) is 34.5 Å². The van der Waals surface area contributed by atoms with E-state index in [1.807, 2.05) is 12.1 Å². The largest absolute Gasteiger partial charge is 0.455 e. The molecule has 2 heterocycles. The van der Waals surface area contributed by atoms with Crippen LogP contribution in [0.15, 0.2) is 42.5 Å². The number of ether oxygens (including phenoxy) is 1. The lowest BCUT2D eigenvalue weighted by molar-refractivity contribution is -0.136. The van der Waals surface area contributed by atoms with Gasteiger partial charge in [0, 0.05) is 19.0 Å². The highest BCUT2D eigenvalue weighted by Gasteiger charge is 2.34. The van der Waals surface area contributed by atoms with Crippen molar-refractivity contribution in [1.29, 1.82) is 5.41 Å². The zero-order chi connectivity index (χ0) is 23.8. The van der Waals surface area contributed by atoms with Crippen molar-refractivity contribution in [2.24, 2.45) is 5.73 Å². The molecular formula is C23H24F3N5O2. The summed E-state index contributed by atoms with van der Waals surface area (Å²) in [5.74, 6) is -0.649.